The van der Waals surface area contributed by atoms with E-state index < -0.39 is 17.5 Å². The summed E-state index contributed by atoms with van der Waals surface area (Å²) in [7, 11) is 0. The smallest absolute Gasteiger partial charge is 0.271 e. The second-order valence-electron chi connectivity index (χ2n) is 8.02. The van der Waals surface area contributed by atoms with Crippen LogP contribution in [0, 0.1) is 24.0 Å². The van der Waals surface area contributed by atoms with E-state index in [1.54, 1.807) is 6.92 Å². The Morgan fingerprint density at radius 2 is 1.83 bits per heavy atom. The van der Waals surface area contributed by atoms with Crippen molar-refractivity contribution in [3.63, 3.8) is 0 Å². The van der Waals surface area contributed by atoms with Gasteiger partial charge in [0.25, 0.3) is 5.91 Å². The molecule has 154 valence electrons. The minimum absolute atomic E-state index is 0.0413. The monoisotopic (exact) mass is 419 g/mol. The Balaban J connectivity index is 1.59. The first-order valence-corrected chi connectivity index (χ1v) is 10.7. The number of rotatable bonds is 4. The third-order valence-corrected chi connectivity index (χ3v) is 7.14. The van der Waals surface area contributed by atoms with Crippen molar-refractivity contribution in [2.75, 3.05) is 4.90 Å². The van der Waals surface area contributed by atoms with Crippen LogP contribution in [0.2, 0.25) is 0 Å². The fourth-order valence-electron chi connectivity index (χ4n) is 4.61. The maximum absolute atomic E-state index is 13.7. The number of nitrogens with one attached hydrogen (secondary N) is 1. The third-order valence-electron chi connectivity index (χ3n) is 6.19. The fraction of sp³-hybridized carbons (Fsp3) is 0.476. The third kappa shape index (κ3) is 3.66. The Kier molecular flexibility index (Phi) is 5.14. The van der Waals surface area contributed by atoms with Crippen LogP contribution in [0.5, 0.6) is 0 Å². The van der Waals surface area contributed by atoms with Gasteiger partial charge < -0.3 is 5.32 Å². The lowest BCUT2D eigenvalue weighted by Gasteiger charge is -2.47. The van der Waals surface area contributed by atoms with Gasteiger partial charge >= 0.3 is 0 Å². The van der Waals surface area contributed by atoms with Gasteiger partial charge in [-0.2, -0.15) is 0 Å². The van der Waals surface area contributed by atoms with Crippen molar-refractivity contribution in [1.29, 1.82) is 0 Å². The minimum atomic E-state index is -0.788. The number of thiazole rings is 1. The first-order valence-electron chi connectivity index (χ1n) is 9.84. The second kappa shape index (κ2) is 7.48. The second-order valence-corrected chi connectivity index (χ2v) is 9.20. The van der Waals surface area contributed by atoms with Gasteiger partial charge in [-0.05, 0) is 50.2 Å². The average Bonchev–Trinajstić information content (AvgIpc) is 3.26. The predicted octanol–water partition coefficient (Wildman–Crippen LogP) is 4.87. The number of anilines is 2. The van der Waals surface area contributed by atoms with Gasteiger partial charge in [0, 0.05) is 23.9 Å². The van der Waals surface area contributed by atoms with Gasteiger partial charge in [0.15, 0.2) is 5.13 Å². The molecular formula is C21H23F2N3O2S. The van der Waals surface area contributed by atoms with E-state index in [0.717, 1.165) is 60.1 Å². The fourth-order valence-corrected chi connectivity index (χ4v) is 5.58. The molecule has 0 unspecified atom stereocenters. The molecular weight excluding hydrogens is 396 g/mol. The lowest BCUT2D eigenvalue weighted by Crippen LogP contribution is -2.54. The van der Waals surface area contributed by atoms with Gasteiger partial charge in [-0.1, -0.05) is 12.8 Å². The molecule has 1 aromatic heterocycles. The Bertz CT molecular complexity index is 949. The predicted molar refractivity (Wildman–Crippen MR) is 107 cm³/mol. The van der Waals surface area contributed by atoms with Crippen LogP contribution < -0.4 is 10.2 Å². The molecule has 2 saturated carbocycles. The maximum Gasteiger partial charge on any atom is 0.271 e. The number of nitrogens with zero attached hydrogens (tertiary/aromatic N) is 2. The summed E-state index contributed by atoms with van der Waals surface area (Å²) in [6.07, 6.45) is 6.87. The zero-order valence-electron chi connectivity index (χ0n) is 16.4. The molecule has 2 fully saturated rings. The van der Waals surface area contributed by atoms with E-state index in [9.17, 15) is 18.4 Å². The molecule has 29 heavy (non-hydrogen) atoms. The molecule has 0 radical (unpaired) electrons. The molecule has 0 saturated heterocycles. The van der Waals surface area contributed by atoms with E-state index in [1.165, 1.54) is 19.8 Å². The summed E-state index contributed by atoms with van der Waals surface area (Å²) in [4.78, 5) is 31.2. The lowest BCUT2D eigenvalue weighted by atomic mass is 9.63. The summed E-state index contributed by atoms with van der Waals surface area (Å²) in [5.41, 5.74) is 0.542. The van der Waals surface area contributed by atoms with Crippen molar-refractivity contribution in [2.45, 2.75) is 58.4 Å². The standard InChI is InChI=1S/C21H23F2N3O2S/c1-12-18(19(28)24-17-5-8-21(17)6-3-4-7-21)25-20(29-12)26(13(2)27)16-10-14(22)9-15(23)11-16/h9-11,17H,3-8H2,1-2H3,(H,24,28)/t17-/m1/s1. The molecule has 2 aliphatic carbocycles. The Morgan fingerprint density at radius 1 is 1.17 bits per heavy atom. The van der Waals surface area contributed by atoms with E-state index in [1.807, 2.05) is 0 Å². The van der Waals surface area contributed by atoms with Gasteiger partial charge in [-0.15, -0.1) is 11.3 Å². The van der Waals surface area contributed by atoms with Crippen LogP contribution in [-0.4, -0.2) is 22.8 Å². The molecule has 2 aliphatic rings. The summed E-state index contributed by atoms with van der Waals surface area (Å²) >= 11 is 1.15. The highest BCUT2D eigenvalue weighted by Crippen LogP contribution is 2.53. The molecule has 1 atom stereocenters. The Labute approximate surface area is 172 Å². The van der Waals surface area contributed by atoms with Crippen molar-refractivity contribution < 1.29 is 18.4 Å². The number of hydrogen-bond acceptors (Lipinski definition) is 4. The van der Waals surface area contributed by atoms with Crippen molar-refractivity contribution >= 4 is 34.0 Å². The van der Waals surface area contributed by atoms with Gasteiger partial charge in [0.05, 0.1) is 5.69 Å². The highest BCUT2D eigenvalue weighted by atomic mass is 32.1. The zero-order chi connectivity index (χ0) is 20.8. The Morgan fingerprint density at radius 3 is 2.38 bits per heavy atom. The van der Waals surface area contributed by atoms with Crippen molar-refractivity contribution in [3.05, 3.63) is 40.4 Å². The largest absolute Gasteiger partial charge is 0.347 e. The highest BCUT2D eigenvalue weighted by molar-refractivity contribution is 7.16. The van der Waals surface area contributed by atoms with Gasteiger partial charge in [0.1, 0.15) is 17.3 Å². The number of aromatic nitrogens is 1. The highest BCUT2D eigenvalue weighted by Gasteiger charge is 2.48. The summed E-state index contributed by atoms with van der Waals surface area (Å²) < 4.78 is 27.3. The summed E-state index contributed by atoms with van der Waals surface area (Å²) in [5, 5.41) is 3.34. The quantitative estimate of drug-likeness (QED) is 0.769. The number of halogens is 2. The van der Waals surface area contributed by atoms with Crippen molar-refractivity contribution in [1.82, 2.24) is 10.3 Å². The number of carbonyl (C=O) groups excluding carboxylic acids is 2. The molecule has 1 N–H and O–H groups in total. The molecule has 0 bridgehead atoms. The van der Waals surface area contributed by atoms with E-state index in [2.05, 4.69) is 10.3 Å². The van der Waals surface area contributed by atoms with Crippen LogP contribution in [0.25, 0.3) is 0 Å². The van der Waals surface area contributed by atoms with E-state index in [4.69, 9.17) is 0 Å². The van der Waals surface area contributed by atoms with E-state index >= 15 is 0 Å². The maximum atomic E-state index is 13.7. The number of carbonyl (C=O) groups is 2. The molecule has 2 aromatic rings. The average molecular weight is 419 g/mol. The zero-order valence-corrected chi connectivity index (χ0v) is 17.2. The van der Waals surface area contributed by atoms with Crippen molar-refractivity contribution in [3.8, 4) is 0 Å². The minimum Gasteiger partial charge on any atom is -0.347 e. The summed E-state index contributed by atoms with van der Waals surface area (Å²) in [6, 6.07) is 3.05. The number of hydrogen-bond donors (Lipinski definition) is 1. The van der Waals surface area contributed by atoms with Crippen molar-refractivity contribution in [2.24, 2.45) is 5.41 Å². The first kappa shape index (κ1) is 19.9. The van der Waals surface area contributed by atoms with Crippen LogP contribution in [0.3, 0.4) is 0 Å². The lowest BCUT2D eigenvalue weighted by molar-refractivity contribution is -0.115. The van der Waals surface area contributed by atoms with Crippen LogP contribution in [0.15, 0.2) is 18.2 Å². The van der Waals surface area contributed by atoms with Crippen LogP contribution in [-0.2, 0) is 4.79 Å². The normalized spacial score (nSPS) is 19.8. The summed E-state index contributed by atoms with van der Waals surface area (Å²) in [6.45, 7) is 3.05. The number of aryl methyl sites for hydroxylation is 1. The molecule has 8 heteroatoms. The first-order chi connectivity index (χ1) is 13.8. The molecule has 5 nitrogen and oxygen atoms in total. The van der Waals surface area contributed by atoms with Crippen LogP contribution in [0.1, 0.15) is 60.8 Å². The molecule has 0 aliphatic heterocycles. The van der Waals surface area contributed by atoms with E-state index in [0.29, 0.717) is 4.88 Å². The SMILES string of the molecule is CC(=O)N(c1cc(F)cc(F)c1)c1nc(C(=O)N[C@@H]2CCC23CCCC3)c(C)s1. The summed E-state index contributed by atoms with van der Waals surface area (Å²) in [5.74, 6) is -2.27. The van der Waals surface area contributed by atoms with Gasteiger partial charge in [0.2, 0.25) is 5.91 Å². The van der Waals surface area contributed by atoms with E-state index in [-0.39, 0.29) is 33.9 Å². The number of benzene rings is 1. The molecule has 1 spiro atoms. The Hall–Kier alpha value is -2.35. The van der Waals surface area contributed by atoms with Crippen LogP contribution >= 0.6 is 11.3 Å². The van der Waals surface area contributed by atoms with Crippen LogP contribution in [0.4, 0.5) is 19.6 Å². The molecule has 1 aromatic carbocycles. The van der Waals surface area contributed by atoms with Gasteiger partial charge in [-0.3, -0.25) is 14.5 Å². The van der Waals surface area contributed by atoms with Gasteiger partial charge in [-0.25, -0.2) is 13.8 Å². The molecule has 1 heterocycles. The molecule has 2 amide bonds. The number of amides is 2. The topological polar surface area (TPSA) is 62.3 Å². The molecule has 4 rings (SSSR count).